The number of carbonyl (C=O) groups excluding carboxylic acids is 1. The maximum absolute atomic E-state index is 11.7. The minimum atomic E-state index is -0.536. The highest BCUT2D eigenvalue weighted by Crippen LogP contribution is 2.16. The molecule has 5 nitrogen and oxygen atoms in total. The van der Waals surface area contributed by atoms with Gasteiger partial charge in [-0.2, -0.15) is 0 Å². The van der Waals surface area contributed by atoms with Crippen molar-refractivity contribution < 1.29 is 9.90 Å². The average Bonchev–Trinajstić information content (AvgIpc) is 2.38. The SMILES string of the molecule is CC(O)c1cccc(NC(=O)NCCCCN(C)C)c1. The van der Waals surface area contributed by atoms with E-state index in [4.69, 9.17) is 0 Å². The number of aliphatic hydroxyl groups is 1. The van der Waals surface area contributed by atoms with Gasteiger partial charge in [0.25, 0.3) is 0 Å². The van der Waals surface area contributed by atoms with E-state index in [1.54, 1.807) is 19.1 Å². The Hall–Kier alpha value is -1.59. The fraction of sp³-hybridized carbons (Fsp3) is 0.533. The van der Waals surface area contributed by atoms with Gasteiger partial charge in [-0.3, -0.25) is 0 Å². The molecule has 0 spiro atoms. The summed E-state index contributed by atoms with van der Waals surface area (Å²) in [5.74, 6) is 0. The van der Waals surface area contributed by atoms with Gasteiger partial charge in [0.1, 0.15) is 0 Å². The van der Waals surface area contributed by atoms with Gasteiger partial charge in [-0.05, 0) is 58.1 Å². The number of urea groups is 1. The van der Waals surface area contributed by atoms with Crippen molar-refractivity contribution in [1.29, 1.82) is 0 Å². The quantitative estimate of drug-likeness (QED) is 0.670. The third-order valence-electron chi connectivity index (χ3n) is 2.94. The molecule has 0 saturated heterocycles. The van der Waals surface area contributed by atoms with Gasteiger partial charge >= 0.3 is 6.03 Å². The summed E-state index contributed by atoms with van der Waals surface area (Å²) < 4.78 is 0. The summed E-state index contributed by atoms with van der Waals surface area (Å²) in [7, 11) is 4.07. The minimum Gasteiger partial charge on any atom is -0.389 e. The van der Waals surface area contributed by atoms with Crippen LogP contribution < -0.4 is 10.6 Å². The highest BCUT2D eigenvalue weighted by Gasteiger charge is 2.04. The van der Waals surface area contributed by atoms with E-state index in [2.05, 4.69) is 15.5 Å². The van der Waals surface area contributed by atoms with Gasteiger partial charge in [-0.15, -0.1) is 0 Å². The lowest BCUT2D eigenvalue weighted by Crippen LogP contribution is -2.30. The fourth-order valence-corrected chi connectivity index (χ4v) is 1.81. The molecule has 0 saturated carbocycles. The van der Waals surface area contributed by atoms with Gasteiger partial charge < -0.3 is 20.6 Å². The number of nitrogens with one attached hydrogen (secondary N) is 2. The Bertz CT molecular complexity index is 419. The Morgan fingerprint density at radius 2 is 2.10 bits per heavy atom. The van der Waals surface area contributed by atoms with E-state index >= 15 is 0 Å². The van der Waals surface area contributed by atoms with Crippen LogP contribution in [0, 0.1) is 0 Å². The van der Waals surface area contributed by atoms with Crippen LogP contribution in [0.25, 0.3) is 0 Å². The van der Waals surface area contributed by atoms with Gasteiger partial charge in [0, 0.05) is 12.2 Å². The van der Waals surface area contributed by atoms with Crippen LogP contribution in [0.15, 0.2) is 24.3 Å². The third kappa shape index (κ3) is 6.54. The second-order valence-corrected chi connectivity index (χ2v) is 5.19. The third-order valence-corrected chi connectivity index (χ3v) is 2.94. The summed E-state index contributed by atoms with van der Waals surface area (Å²) in [5, 5.41) is 15.1. The fourth-order valence-electron chi connectivity index (χ4n) is 1.81. The molecular weight excluding hydrogens is 254 g/mol. The first-order chi connectivity index (χ1) is 9.49. The van der Waals surface area contributed by atoms with Crippen molar-refractivity contribution in [1.82, 2.24) is 10.2 Å². The zero-order chi connectivity index (χ0) is 15.0. The normalized spacial score (nSPS) is 12.2. The highest BCUT2D eigenvalue weighted by atomic mass is 16.3. The lowest BCUT2D eigenvalue weighted by atomic mass is 10.1. The molecule has 1 unspecified atom stereocenters. The molecule has 0 bridgehead atoms. The molecule has 0 aliphatic heterocycles. The Labute approximate surface area is 121 Å². The Kier molecular flexibility index (Phi) is 7.04. The molecule has 20 heavy (non-hydrogen) atoms. The zero-order valence-corrected chi connectivity index (χ0v) is 12.5. The number of benzene rings is 1. The summed E-state index contributed by atoms with van der Waals surface area (Å²) in [6.07, 6.45) is 1.48. The van der Waals surface area contributed by atoms with Crippen LogP contribution >= 0.6 is 0 Å². The summed E-state index contributed by atoms with van der Waals surface area (Å²) in [5.41, 5.74) is 1.47. The lowest BCUT2D eigenvalue weighted by molar-refractivity contribution is 0.199. The first-order valence-corrected chi connectivity index (χ1v) is 6.96. The van der Waals surface area contributed by atoms with E-state index in [1.165, 1.54) is 0 Å². The average molecular weight is 279 g/mol. The van der Waals surface area contributed by atoms with E-state index in [1.807, 2.05) is 26.2 Å². The summed E-state index contributed by atoms with van der Waals surface area (Å²) in [4.78, 5) is 13.8. The number of amides is 2. The number of carbonyl (C=O) groups is 1. The molecule has 1 rings (SSSR count). The van der Waals surface area contributed by atoms with E-state index in [0.717, 1.165) is 24.9 Å². The molecule has 0 radical (unpaired) electrons. The van der Waals surface area contributed by atoms with Gasteiger partial charge in [0.2, 0.25) is 0 Å². The molecule has 0 heterocycles. The second kappa shape index (κ2) is 8.55. The summed E-state index contributed by atoms with van der Waals surface area (Å²) >= 11 is 0. The minimum absolute atomic E-state index is 0.211. The maximum atomic E-state index is 11.7. The van der Waals surface area contributed by atoms with Crippen LogP contribution in [0.2, 0.25) is 0 Å². The molecule has 0 fully saturated rings. The molecule has 1 atom stereocenters. The van der Waals surface area contributed by atoms with Crippen LogP contribution in [0.1, 0.15) is 31.4 Å². The first-order valence-electron chi connectivity index (χ1n) is 6.96. The van der Waals surface area contributed by atoms with Crippen LogP contribution in [0.3, 0.4) is 0 Å². The van der Waals surface area contributed by atoms with Crippen LogP contribution in [0.5, 0.6) is 0 Å². The zero-order valence-electron chi connectivity index (χ0n) is 12.5. The number of rotatable bonds is 7. The standard InChI is InChI=1S/C15H25N3O2/c1-12(19)13-7-6-8-14(11-13)17-15(20)16-9-4-5-10-18(2)3/h6-8,11-12,19H,4-5,9-10H2,1-3H3,(H2,16,17,20). The van der Waals surface area contributed by atoms with Crippen molar-refractivity contribution in [2.75, 3.05) is 32.5 Å². The molecule has 5 heteroatoms. The van der Waals surface area contributed by atoms with Gasteiger partial charge in [0.15, 0.2) is 0 Å². The monoisotopic (exact) mass is 279 g/mol. The molecule has 0 aliphatic carbocycles. The van der Waals surface area contributed by atoms with Crippen molar-refractivity contribution in [2.45, 2.75) is 25.9 Å². The molecule has 0 aromatic heterocycles. The Balaban J connectivity index is 2.30. The summed E-state index contributed by atoms with van der Waals surface area (Å²) in [6, 6.07) is 7.01. The molecule has 1 aromatic rings. The number of hydrogen-bond acceptors (Lipinski definition) is 3. The van der Waals surface area contributed by atoms with Crippen molar-refractivity contribution >= 4 is 11.7 Å². The maximum Gasteiger partial charge on any atom is 0.319 e. The number of nitrogens with zero attached hydrogens (tertiary/aromatic N) is 1. The predicted octanol–water partition coefficient (Wildman–Crippen LogP) is 2.20. The topological polar surface area (TPSA) is 64.6 Å². The molecular formula is C15H25N3O2. The van der Waals surface area contributed by atoms with E-state index in [-0.39, 0.29) is 6.03 Å². The molecule has 3 N–H and O–H groups in total. The Morgan fingerprint density at radius 3 is 2.75 bits per heavy atom. The Morgan fingerprint density at radius 1 is 1.35 bits per heavy atom. The number of hydrogen-bond donors (Lipinski definition) is 3. The van der Waals surface area contributed by atoms with Crippen molar-refractivity contribution in [2.24, 2.45) is 0 Å². The van der Waals surface area contributed by atoms with Crippen molar-refractivity contribution in [3.8, 4) is 0 Å². The molecule has 2 amide bonds. The van der Waals surface area contributed by atoms with E-state index in [0.29, 0.717) is 12.2 Å². The lowest BCUT2D eigenvalue weighted by Gasteiger charge is -2.11. The van der Waals surface area contributed by atoms with Crippen molar-refractivity contribution in [3.05, 3.63) is 29.8 Å². The highest BCUT2D eigenvalue weighted by molar-refractivity contribution is 5.89. The van der Waals surface area contributed by atoms with Gasteiger partial charge in [0.05, 0.1) is 6.10 Å². The van der Waals surface area contributed by atoms with E-state index < -0.39 is 6.10 Å². The number of unbranched alkanes of at least 4 members (excludes halogenated alkanes) is 1. The van der Waals surface area contributed by atoms with Crippen LogP contribution in [-0.4, -0.2) is 43.2 Å². The molecule has 0 aliphatic rings. The van der Waals surface area contributed by atoms with Gasteiger partial charge in [-0.25, -0.2) is 4.79 Å². The van der Waals surface area contributed by atoms with Gasteiger partial charge in [-0.1, -0.05) is 12.1 Å². The predicted molar refractivity (Wildman–Crippen MR) is 81.9 cm³/mol. The van der Waals surface area contributed by atoms with Crippen molar-refractivity contribution in [3.63, 3.8) is 0 Å². The number of anilines is 1. The molecule has 112 valence electrons. The smallest absolute Gasteiger partial charge is 0.319 e. The van der Waals surface area contributed by atoms with Crippen LogP contribution in [0.4, 0.5) is 10.5 Å². The van der Waals surface area contributed by atoms with Crippen LogP contribution in [-0.2, 0) is 0 Å². The number of aliphatic hydroxyl groups excluding tert-OH is 1. The van der Waals surface area contributed by atoms with E-state index in [9.17, 15) is 9.90 Å². The molecule has 1 aromatic carbocycles. The summed E-state index contributed by atoms with van der Waals surface area (Å²) in [6.45, 7) is 3.39. The second-order valence-electron chi connectivity index (χ2n) is 5.19. The largest absolute Gasteiger partial charge is 0.389 e. The first kappa shape index (κ1) is 16.5.